The van der Waals surface area contributed by atoms with Crippen LogP contribution >= 0.6 is 11.3 Å². The molecule has 2 heterocycles. The van der Waals surface area contributed by atoms with Gasteiger partial charge in [0.15, 0.2) is 22.4 Å². The summed E-state index contributed by atoms with van der Waals surface area (Å²) in [6.07, 6.45) is 3.47. The molecule has 0 unspecified atom stereocenters. The van der Waals surface area contributed by atoms with Crippen molar-refractivity contribution in [1.82, 2.24) is 14.7 Å². The van der Waals surface area contributed by atoms with E-state index in [1.54, 1.807) is 16.8 Å². The molecule has 10 heteroatoms. The fourth-order valence-corrected chi connectivity index (χ4v) is 2.80. The fourth-order valence-electron chi connectivity index (χ4n) is 2.08. The number of amides is 2. The molecule has 0 radical (unpaired) electrons. The third-order valence-corrected chi connectivity index (χ3v) is 4.01. The van der Waals surface area contributed by atoms with Gasteiger partial charge >= 0.3 is 0 Å². The number of carbonyl (C=O) groups excluding carboxylic acids is 2. The zero-order chi connectivity index (χ0) is 18.0. The van der Waals surface area contributed by atoms with E-state index in [2.05, 4.69) is 15.6 Å². The normalized spacial score (nSPS) is 10.8. The van der Waals surface area contributed by atoms with Crippen molar-refractivity contribution < 1.29 is 22.8 Å². The number of rotatable bonds is 5. The monoisotopic (exact) mass is 368 g/mol. The van der Waals surface area contributed by atoms with E-state index in [1.807, 2.05) is 5.38 Å². The van der Waals surface area contributed by atoms with Gasteiger partial charge in [-0.2, -0.15) is 0 Å². The molecule has 2 N–H and O–H groups in total. The van der Waals surface area contributed by atoms with Crippen LogP contribution in [0.25, 0.3) is 4.96 Å². The Kier molecular flexibility index (Phi) is 4.70. The van der Waals surface area contributed by atoms with Crippen molar-refractivity contribution in [3.63, 3.8) is 0 Å². The van der Waals surface area contributed by atoms with E-state index >= 15 is 0 Å². The van der Waals surface area contributed by atoms with E-state index in [-0.39, 0.29) is 6.42 Å². The van der Waals surface area contributed by atoms with Crippen LogP contribution < -0.4 is 10.6 Å². The maximum atomic E-state index is 13.5. The quantitative estimate of drug-likeness (QED) is 0.678. The molecular formula is C15H11F3N4O2S. The first-order valence-electron chi connectivity index (χ1n) is 7.05. The van der Waals surface area contributed by atoms with E-state index in [4.69, 9.17) is 0 Å². The molecule has 0 fully saturated rings. The van der Waals surface area contributed by atoms with Gasteiger partial charge in [-0.1, -0.05) is 0 Å². The number of hydrogen-bond donors (Lipinski definition) is 2. The Bertz CT molecular complexity index is 925. The summed E-state index contributed by atoms with van der Waals surface area (Å²) in [5.74, 6) is -5.76. The topological polar surface area (TPSA) is 75.5 Å². The number of aromatic nitrogens is 2. The van der Waals surface area contributed by atoms with Crippen molar-refractivity contribution in [3.05, 3.63) is 53.1 Å². The van der Waals surface area contributed by atoms with E-state index in [1.165, 1.54) is 11.3 Å². The average Bonchev–Trinajstić information content (AvgIpc) is 3.15. The lowest BCUT2D eigenvalue weighted by Crippen LogP contribution is -2.34. The Balaban J connectivity index is 1.52. The maximum absolute atomic E-state index is 13.5. The van der Waals surface area contributed by atoms with Gasteiger partial charge in [0.1, 0.15) is 0 Å². The smallest absolute Gasteiger partial charge is 0.243 e. The van der Waals surface area contributed by atoms with E-state index in [0.29, 0.717) is 11.8 Å². The molecule has 0 aliphatic carbocycles. The van der Waals surface area contributed by atoms with Gasteiger partial charge in [0.2, 0.25) is 11.8 Å². The molecule has 1 aromatic carbocycles. The largest absolute Gasteiger partial charge is 0.347 e. The van der Waals surface area contributed by atoms with Crippen LogP contribution in [0.15, 0.2) is 29.9 Å². The predicted octanol–water partition coefficient (Wildman–Crippen LogP) is 2.11. The van der Waals surface area contributed by atoms with Gasteiger partial charge in [-0.3, -0.25) is 14.0 Å². The number of nitrogens with one attached hydrogen (secondary N) is 2. The predicted molar refractivity (Wildman–Crippen MR) is 84.7 cm³/mol. The fraction of sp³-hybridized carbons (Fsp3) is 0.133. The number of anilines is 1. The third kappa shape index (κ3) is 3.79. The number of benzene rings is 1. The molecule has 0 bridgehead atoms. The Hall–Kier alpha value is -2.88. The molecule has 2 aromatic heterocycles. The van der Waals surface area contributed by atoms with E-state index in [0.717, 1.165) is 11.0 Å². The molecule has 0 saturated carbocycles. The van der Waals surface area contributed by atoms with Gasteiger partial charge in [0, 0.05) is 17.8 Å². The van der Waals surface area contributed by atoms with Crippen LogP contribution in [0.3, 0.4) is 0 Å². The molecule has 130 valence electrons. The number of hydrogen-bond acceptors (Lipinski definition) is 4. The minimum absolute atomic E-state index is 0.0266. The molecule has 6 nitrogen and oxygen atoms in total. The summed E-state index contributed by atoms with van der Waals surface area (Å²) in [5, 5.41) is 6.26. The summed E-state index contributed by atoms with van der Waals surface area (Å²) in [6.45, 7) is -0.445. The number of carbonyl (C=O) groups is 2. The van der Waals surface area contributed by atoms with Crippen LogP contribution in [0.2, 0.25) is 0 Å². The maximum Gasteiger partial charge on any atom is 0.243 e. The van der Waals surface area contributed by atoms with Crippen molar-refractivity contribution in [1.29, 1.82) is 0 Å². The SMILES string of the molecule is O=C(Cc1cn2ccsc2n1)NCC(=O)Nc1ccc(F)c(F)c1F. The van der Waals surface area contributed by atoms with Crippen molar-refractivity contribution in [2.75, 3.05) is 11.9 Å². The summed E-state index contributed by atoms with van der Waals surface area (Å²) in [5.41, 5.74) is 0.0314. The summed E-state index contributed by atoms with van der Waals surface area (Å²) < 4.78 is 41.1. The minimum Gasteiger partial charge on any atom is -0.347 e. The van der Waals surface area contributed by atoms with Gasteiger partial charge in [0.25, 0.3) is 0 Å². The molecule has 0 aliphatic heterocycles. The molecule has 25 heavy (non-hydrogen) atoms. The second kappa shape index (κ2) is 6.93. The van der Waals surface area contributed by atoms with Crippen LogP contribution in [0, 0.1) is 17.5 Å². The third-order valence-electron chi connectivity index (χ3n) is 3.24. The molecule has 2 amide bonds. The Morgan fingerprint density at radius 2 is 1.96 bits per heavy atom. The number of nitrogens with zero attached hydrogens (tertiary/aromatic N) is 2. The summed E-state index contributed by atoms with van der Waals surface area (Å²) >= 11 is 1.42. The summed E-state index contributed by atoms with van der Waals surface area (Å²) in [4.78, 5) is 28.5. The Labute approximate surface area is 143 Å². The average molecular weight is 368 g/mol. The van der Waals surface area contributed by atoms with Gasteiger partial charge in [-0.15, -0.1) is 11.3 Å². The van der Waals surface area contributed by atoms with Crippen LogP contribution in [0.5, 0.6) is 0 Å². The van der Waals surface area contributed by atoms with E-state index < -0.39 is 41.5 Å². The van der Waals surface area contributed by atoms with Crippen molar-refractivity contribution in [2.45, 2.75) is 6.42 Å². The Morgan fingerprint density at radius 1 is 1.16 bits per heavy atom. The van der Waals surface area contributed by atoms with Crippen LogP contribution in [-0.4, -0.2) is 27.7 Å². The Morgan fingerprint density at radius 3 is 2.72 bits per heavy atom. The first kappa shape index (κ1) is 17.0. The standard InChI is InChI=1S/C15H11F3N4O2S/c16-9-1-2-10(14(18)13(9)17)21-12(24)6-19-11(23)5-8-7-22-3-4-25-15(22)20-8/h1-4,7H,5-6H2,(H,19,23)(H,21,24). The molecule has 3 rings (SSSR count). The molecule has 0 spiro atoms. The second-order valence-electron chi connectivity index (χ2n) is 5.05. The van der Waals surface area contributed by atoms with Crippen LogP contribution in [0.4, 0.5) is 18.9 Å². The number of fused-ring (bicyclic) bond motifs is 1. The summed E-state index contributed by atoms with van der Waals surface area (Å²) in [6, 6.07) is 1.59. The highest BCUT2D eigenvalue weighted by molar-refractivity contribution is 7.15. The highest BCUT2D eigenvalue weighted by Gasteiger charge is 2.16. The molecule has 3 aromatic rings. The lowest BCUT2D eigenvalue weighted by Gasteiger charge is -2.08. The van der Waals surface area contributed by atoms with Crippen LogP contribution in [0.1, 0.15) is 5.69 Å². The van der Waals surface area contributed by atoms with Gasteiger partial charge < -0.3 is 10.6 Å². The number of thiazole rings is 1. The van der Waals surface area contributed by atoms with Crippen molar-refractivity contribution in [3.8, 4) is 0 Å². The second-order valence-corrected chi connectivity index (χ2v) is 5.92. The highest BCUT2D eigenvalue weighted by atomic mass is 32.1. The van der Waals surface area contributed by atoms with Gasteiger partial charge in [-0.25, -0.2) is 18.2 Å². The first-order valence-corrected chi connectivity index (χ1v) is 7.93. The zero-order valence-corrected chi connectivity index (χ0v) is 13.4. The highest BCUT2D eigenvalue weighted by Crippen LogP contribution is 2.19. The molecule has 0 atom stereocenters. The summed E-state index contributed by atoms with van der Waals surface area (Å²) in [7, 11) is 0. The number of imidazole rings is 1. The molecule has 0 aliphatic rings. The van der Waals surface area contributed by atoms with Crippen molar-refractivity contribution >= 4 is 33.8 Å². The van der Waals surface area contributed by atoms with Gasteiger partial charge in [0.05, 0.1) is 24.3 Å². The van der Waals surface area contributed by atoms with Crippen molar-refractivity contribution in [2.24, 2.45) is 0 Å². The first-order chi connectivity index (χ1) is 11.9. The molecular weight excluding hydrogens is 357 g/mol. The van der Waals surface area contributed by atoms with E-state index in [9.17, 15) is 22.8 Å². The van der Waals surface area contributed by atoms with Gasteiger partial charge in [-0.05, 0) is 12.1 Å². The minimum atomic E-state index is -1.68. The molecule has 0 saturated heterocycles. The number of halogens is 3. The van der Waals surface area contributed by atoms with Crippen LogP contribution in [-0.2, 0) is 16.0 Å². The zero-order valence-electron chi connectivity index (χ0n) is 12.6. The lowest BCUT2D eigenvalue weighted by molar-refractivity contribution is -0.123. The lowest BCUT2D eigenvalue weighted by atomic mass is 10.2.